The van der Waals surface area contributed by atoms with Gasteiger partial charge in [-0.15, -0.1) is 0 Å². The fourth-order valence-corrected chi connectivity index (χ4v) is 3.89. The lowest BCUT2D eigenvalue weighted by Gasteiger charge is -2.25. The Morgan fingerprint density at radius 1 is 1.50 bits per heavy atom. The Balaban J connectivity index is 1.66. The number of H-pyrrole nitrogens is 1. The van der Waals surface area contributed by atoms with E-state index in [1.165, 1.54) is 0 Å². The molecule has 0 saturated carbocycles. The van der Waals surface area contributed by atoms with E-state index in [4.69, 9.17) is 13.8 Å². The van der Waals surface area contributed by atoms with Crippen molar-refractivity contribution in [3.63, 3.8) is 0 Å². The molecule has 0 amide bonds. The summed E-state index contributed by atoms with van der Waals surface area (Å²) in [5.74, 6) is -1.14. The zero-order valence-corrected chi connectivity index (χ0v) is 13.4. The molecular formula is C12H17FN3O7P. The Labute approximate surface area is 135 Å². The molecule has 3 heterocycles. The maximum absolute atomic E-state index is 13.3. The molecule has 24 heavy (non-hydrogen) atoms. The predicted octanol–water partition coefficient (Wildman–Crippen LogP) is -0.541. The van der Waals surface area contributed by atoms with Crippen LogP contribution in [0.2, 0.25) is 0 Å². The van der Waals surface area contributed by atoms with Crippen LogP contribution >= 0.6 is 7.75 Å². The third-order valence-corrected chi connectivity index (χ3v) is 5.36. The standard InChI is InChI=1S/C12H17FN3O7P/c13-7-5-16(12(19)15-11(7)18)10-4-8(17)9(23-10)6-22-24(20)14-2-1-3-21-24/h5,8-10,17H,1-4,6H2,(H,14,20)(H,15,18,19). The molecule has 1 aromatic heterocycles. The molecule has 2 fully saturated rings. The Morgan fingerprint density at radius 3 is 3.00 bits per heavy atom. The van der Waals surface area contributed by atoms with Gasteiger partial charge >= 0.3 is 13.4 Å². The number of aromatic nitrogens is 2. The zero-order chi connectivity index (χ0) is 17.3. The number of hydrogen-bond donors (Lipinski definition) is 3. The van der Waals surface area contributed by atoms with Gasteiger partial charge in [-0.3, -0.25) is 23.4 Å². The van der Waals surface area contributed by atoms with Crippen LogP contribution in [0.25, 0.3) is 0 Å². The Kier molecular flexibility index (Phi) is 5.00. The average molecular weight is 365 g/mol. The first-order valence-corrected chi connectivity index (χ1v) is 8.91. The van der Waals surface area contributed by atoms with Gasteiger partial charge in [-0.1, -0.05) is 0 Å². The molecule has 4 unspecified atom stereocenters. The normalized spacial score (nSPS) is 33.7. The minimum atomic E-state index is -3.43. The molecule has 4 atom stereocenters. The molecule has 0 aliphatic carbocycles. The van der Waals surface area contributed by atoms with Crippen LogP contribution in [-0.4, -0.2) is 46.6 Å². The first-order chi connectivity index (χ1) is 11.4. The van der Waals surface area contributed by atoms with Gasteiger partial charge in [0, 0.05) is 13.0 Å². The number of aliphatic hydroxyl groups excluding tert-OH is 1. The summed E-state index contributed by atoms with van der Waals surface area (Å²) >= 11 is 0. The Hall–Kier alpha value is -1.36. The molecule has 2 saturated heterocycles. The summed E-state index contributed by atoms with van der Waals surface area (Å²) in [5, 5.41) is 12.6. The highest BCUT2D eigenvalue weighted by molar-refractivity contribution is 7.51. The van der Waals surface area contributed by atoms with Gasteiger partial charge < -0.3 is 9.84 Å². The van der Waals surface area contributed by atoms with E-state index in [9.17, 15) is 23.7 Å². The number of ether oxygens (including phenoxy) is 1. The maximum Gasteiger partial charge on any atom is 0.405 e. The lowest BCUT2D eigenvalue weighted by Crippen LogP contribution is -2.34. The zero-order valence-electron chi connectivity index (χ0n) is 12.5. The summed E-state index contributed by atoms with van der Waals surface area (Å²) in [6.45, 7) is 0.551. The quantitative estimate of drug-likeness (QED) is 0.606. The Bertz CT molecular complexity index is 756. The van der Waals surface area contributed by atoms with Crippen molar-refractivity contribution in [2.45, 2.75) is 31.3 Å². The SMILES string of the molecule is O=c1[nH]c(=O)n(C2CC(O)C(COP3(=O)NCCCO3)O2)cc1F. The Morgan fingerprint density at radius 2 is 2.29 bits per heavy atom. The number of halogens is 1. The van der Waals surface area contributed by atoms with E-state index < -0.39 is 43.2 Å². The van der Waals surface area contributed by atoms with Gasteiger partial charge in [0.1, 0.15) is 12.3 Å². The van der Waals surface area contributed by atoms with Gasteiger partial charge in [0.05, 0.1) is 25.5 Å². The summed E-state index contributed by atoms with van der Waals surface area (Å²) in [4.78, 5) is 24.6. The van der Waals surface area contributed by atoms with Crippen molar-refractivity contribution in [2.75, 3.05) is 19.8 Å². The van der Waals surface area contributed by atoms with Crippen molar-refractivity contribution in [3.8, 4) is 0 Å². The molecule has 10 nitrogen and oxygen atoms in total. The van der Waals surface area contributed by atoms with E-state index in [2.05, 4.69) is 5.09 Å². The predicted molar refractivity (Wildman–Crippen MR) is 77.9 cm³/mol. The monoisotopic (exact) mass is 365 g/mol. The molecule has 0 aromatic carbocycles. The topological polar surface area (TPSA) is 132 Å². The van der Waals surface area contributed by atoms with E-state index in [0.717, 1.165) is 10.8 Å². The fraction of sp³-hybridized carbons (Fsp3) is 0.667. The van der Waals surface area contributed by atoms with Crippen molar-refractivity contribution >= 4 is 7.75 Å². The highest BCUT2D eigenvalue weighted by atomic mass is 31.2. The summed E-state index contributed by atoms with van der Waals surface area (Å²) in [5.41, 5.74) is -1.99. The van der Waals surface area contributed by atoms with Gasteiger partial charge in [0.15, 0.2) is 0 Å². The maximum atomic E-state index is 13.3. The van der Waals surface area contributed by atoms with Gasteiger partial charge in [0.2, 0.25) is 5.82 Å². The second-order valence-corrected chi connectivity index (χ2v) is 7.29. The number of hydrogen-bond acceptors (Lipinski definition) is 7. The third-order valence-electron chi connectivity index (χ3n) is 3.74. The van der Waals surface area contributed by atoms with Crippen LogP contribution in [0.15, 0.2) is 15.8 Å². The lowest BCUT2D eigenvalue weighted by molar-refractivity contribution is -0.0445. The summed E-state index contributed by atoms with van der Waals surface area (Å²) in [7, 11) is -3.43. The van der Waals surface area contributed by atoms with Gasteiger partial charge in [-0.25, -0.2) is 14.4 Å². The molecule has 0 bridgehead atoms. The van der Waals surface area contributed by atoms with E-state index >= 15 is 0 Å². The fourth-order valence-electron chi connectivity index (χ4n) is 2.48. The van der Waals surface area contributed by atoms with Crippen LogP contribution in [0.5, 0.6) is 0 Å². The van der Waals surface area contributed by atoms with Crippen LogP contribution in [0.4, 0.5) is 4.39 Å². The minimum Gasteiger partial charge on any atom is -0.390 e. The van der Waals surface area contributed by atoms with Crippen LogP contribution in [0.1, 0.15) is 19.1 Å². The highest BCUT2D eigenvalue weighted by Crippen LogP contribution is 2.46. The second-order valence-electron chi connectivity index (χ2n) is 5.46. The van der Waals surface area contributed by atoms with Crippen molar-refractivity contribution in [1.29, 1.82) is 0 Å². The smallest absolute Gasteiger partial charge is 0.390 e. The number of aromatic amines is 1. The van der Waals surface area contributed by atoms with Crippen molar-refractivity contribution in [2.24, 2.45) is 0 Å². The summed E-state index contributed by atoms with van der Waals surface area (Å²) in [6.07, 6.45) is -1.47. The molecule has 12 heteroatoms. The first kappa shape index (κ1) is 17.5. The molecule has 3 rings (SSSR count). The van der Waals surface area contributed by atoms with E-state index in [-0.39, 0.29) is 13.0 Å². The van der Waals surface area contributed by atoms with E-state index in [1.807, 2.05) is 4.98 Å². The number of aliphatic hydroxyl groups is 1. The van der Waals surface area contributed by atoms with Crippen molar-refractivity contribution in [1.82, 2.24) is 14.6 Å². The van der Waals surface area contributed by atoms with Gasteiger partial charge in [-0.05, 0) is 6.42 Å². The van der Waals surface area contributed by atoms with Crippen LogP contribution < -0.4 is 16.3 Å². The molecule has 2 aliphatic rings. The van der Waals surface area contributed by atoms with Crippen molar-refractivity contribution < 1.29 is 27.8 Å². The van der Waals surface area contributed by atoms with Crippen LogP contribution in [0, 0.1) is 5.82 Å². The second kappa shape index (κ2) is 6.87. The number of rotatable bonds is 4. The minimum absolute atomic E-state index is 0.0159. The van der Waals surface area contributed by atoms with E-state index in [0.29, 0.717) is 19.6 Å². The molecule has 0 spiro atoms. The van der Waals surface area contributed by atoms with Crippen LogP contribution in [-0.2, 0) is 18.3 Å². The lowest BCUT2D eigenvalue weighted by atomic mass is 10.2. The number of nitrogens with one attached hydrogen (secondary N) is 2. The van der Waals surface area contributed by atoms with Gasteiger partial charge in [0.25, 0.3) is 5.56 Å². The van der Waals surface area contributed by atoms with Gasteiger partial charge in [-0.2, -0.15) is 4.39 Å². The van der Waals surface area contributed by atoms with E-state index in [1.54, 1.807) is 0 Å². The average Bonchev–Trinajstić information content (AvgIpc) is 2.90. The molecule has 0 radical (unpaired) electrons. The van der Waals surface area contributed by atoms with Crippen molar-refractivity contribution in [3.05, 3.63) is 32.9 Å². The first-order valence-electron chi connectivity index (χ1n) is 7.37. The third kappa shape index (κ3) is 3.66. The highest BCUT2D eigenvalue weighted by Gasteiger charge is 2.38. The molecule has 1 aromatic rings. The largest absolute Gasteiger partial charge is 0.405 e. The summed E-state index contributed by atoms with van der Waals surface area (Å²) < 4.78 is 42.1. The summed E-state index contributed by atoms with van der Waals surface area (Å²) in [6, 6.07) is 0. The molecular weight excluding hydrogens is 348 g/mol. The molecule has 134 valence electrons. The molecule has 3 N–H and O–H groups in total. The van der Waals surface area contributed by atoms with Crippen LogP contribution in [0.3, 0.4) is 0 Å². The number of nitrogens with zero attached hydrogens (tertiary/aromatic N) is 1. The molecule has 2 aliphatic heterocycles.